The predicted octanol–water partition coefficient (Wildman–Crippen LogP) is 2.45. The molecule has 128 valence electrons. The summed E-state index contributed by atoms with van der Waals surface area (Å²) < 4.78 is 11.7. The maximum absolute atomic E-state index is 6.18. The van der Waals surface area contributed by atoms with Crippen LogP contribution in [0.1, 0.15) is 55.5 Å². The van der Waals surface area contributed by atoms with Gasteiger partial charge in [0.2, 0.25) is 0 Å². The summed E-state index contributed by atoms with van der Waals surface area (Å²) in [4.78, 5) is 2.50. The number of nitrogens with zero attached hydrogens (tertiary/aromatic N) is 2. The molecule has 3 aliphatic rings. The summed E-state index contributed by atoms with van der Waals surface area (Å²) in [5.41, 5.74) is 4.22. The van der Waals surface area contributed by atoms with E-state index in [0.717, 1.165) is 52.0 Å². The van der Waals surface area contributed by atoms with Crippen LogP contribution in [0.15, 0.2) is 0 Å². The molecule has 2 saturated heterocycles. The molecule has 0 aromatic carbocycles. The number of fused-ring (bicyclic) bond motifs is 1. The number of aromatic nitrogens is 2. The Kier molecular flexibility index (Phi) is 4.43. The Labute approximate surface area is 138 Å². The van der Waals surface area contributed by atoms with Crippen LogP contribution in [0.25, 0.3) is 0 Å². The molecular weight excluding hydrogens is 290 g/mol. The highest BCUT2D eigenvalue weighted by Gasteiger charge is 2.40. The fourth-order valence-electron chi connectivity index (χ4n) is 4.52. The van der Waals surface area contributed by atoms with Gasteiger partial charge in [-0.1, -0.05) is 0 Å². The van der Waals surface area contributed by atoms with Gasteiger partial charge in [-0.2, -0.15) is 5.10 Å². The van der Waals surface area contributed by atoms with Gasteiger partial charge in [-0.3, -0.25) is 10.00 Å². The van der Waals surface area contributed by atoms with Crippen molar-refractivity contribution in [2.75, 3.05) is 26.9 Å². The first kappa shape index (κ1) is 15.6. The number of hydrogen-bond acceptors (Lipinski definition) is 4. The quantitative estimate of drug-likeness (QED) is 0.930. The van der Waals surface area contributed by atoms with Crippen molar-refractivity contribution in [2.24, 2.45) is 0 Å². The summed E-state index contributed by atoms with van der Waals surface area (Å²) >= 11 is 0. The van der Waals surface area contributed by atoms with Gasteiger partial charge in [0.15, 0.2) is 0 Å². The van der Waals surface area contributed by atoms with Crippen molar-refractivity contribution in [1.29, 1.82) is 0 Å². The van der Waals surface area contributed by atoms with E-state index in [0.29, 0.717) is 6.04 Å². The van der Waals surface area contributed by atoms with Crippen LogP contribution in [0.5, 0.6) is 0 Å². The van der Waals surface area contributed by atoms with Crippen molar-refractivity contribution in [3.63, 3.8) is 0 Å². The number of nitrogens with one attached hydrogen (secondary N) is 1. The molecule has 5 heteroatoms. The smallest absolute Gasteiger partial charge is 0.0797 e. The monoisotopic (exact) mass is 319 g/mol. The predicted molar refractivity (Wildman–Crippen MR) is 88.5 cm³/mol. The Balaban J connectivity index is 1.42. The van der Waals surface area contributed by atoms with Crippen molar-refractivity contribution >= 4 is 0 Å². The topological polar surface area (TPSA) is 50.4 Å². The van der Waals surface area contributed by atoms with Crippen LogP contribution in [0.4, 0.5) is 0 Å². The summed E-state index contributed by atoms with van der Waals surface area (Å²) in [6, 6.07) is 0.595. The molecule has 4 rings (SSSR count). The second-order valence-corrected chi connectivity index (χ2v) is 7.54. The van der Waals surface area contributed by atoms with Crippen molar-refractivity contribution in [1.82, 2.24) is 15.1 Å². The van der Waals surface area contributed by atoms with Gasteiger partial charge in [-0.15, -0.1) is 0 Å². The van der Waals surface area contributed by atoms with E-state index >= 15 is 0 Å². The first-order valence-corrected chi connectivity index (χ1v) is 9.23. The average molecular weight is 319 g/mol. The standard InChI is InChI=1S/C18H29N3O2/c1-21(13-17-15-4-2-3-5-16(15)19-20-17)14-6-9-23-18(12-14)7-10-22-11-8-18/h14H,2-13H2,1H3,(H,19,20). The fraction of sp³-hybridized carbons (Fsp3) is 0.833. The van der Waals surface area contributed by atoms with Gasteiger partial charge in [0, 0.05) is 38.1 Å². The minimum Gasteiger partial charge on any atom is -0.381 e. The van der Waals surface area contributed by atoms with Crippen molar-refractivity contribution in [2.45, 2.75) is 69.6 Å². The molecule has 1 spiro atoms. The van der Waals surface area contributed by atoms with Crippen molar-refractivity contribution < 1.29 is 9.47 Å². The van der Waals surface area contributed by atoms with E-state index in [4.69, 9.17) is 9.47 Å². The maximum atomic E-state index is 6.18. The lowest BCUT2D eigenvalue weighted by atomic mass is 9.83. The van der Waals surface area contributed by atoms with Crippen molar-refractivity contribution in [3.05, 3.63) is 17.0 Å². The average Bonchev–Trinajstić information content (AvgIpc) is 2.99. The van der Waals surface area contributed by atoms with Gasteiger partial charge in [0.1, 0.15) is 0 Å². The van der Waals surface area contributed by atoms with Crippen LogP contribution < -0.4 is 0 Å². The first-order chi connectivity index (χ1) is 11.3. The van der Waals surface area contributed by atoms with Gasteiger partial charge < -0.3 is 9.47 Å². The Morgan fingerprint density at radius 2 is 2.04 bits per heavy atom. The molecule has 1 atom stereocenters. The molecule has 5 nitrogen and oxygen atoms in total. The molecule has 1 unspecified atom stereocenters. The van der Waals surface area contributed by atoms with Crippen LogP contribution in [-0.2, 0) is 28.9 Å². The van der Waals surface area contributed by atoms with E-state index in [2.05, 4.69) is 22.1 Å². The minimum atomic E-state index is 0.0699. The molecule has 0 radical (unpaired) electrons. The van der Waals surface area contributed by atoms with E-state index in [1.165, 1.54) is 42.6 Å². The number of aromatic amines is 1. The Morgan fingerprint density at radius 1 is 1.22 bits per heavy atom. The molecule has 0 saturated carbocycles. The number of ether oxygens (including phenoxy) is 2. The summed E-state index contributed by atoms with van der Waals surface area (Å²) in [7, 11) is 2.26. The molecule has 0 bridgehead atoms. The molecule has 1 aromatic rings. The Bertz CT molecular complexity index is 531. The maximum Gasteiger partial charge on any atom is 0.0797 e. The summed E-state index contributed by atoms with van der Waals surface area (Å²) in [5, 5.41) is 7.89. The Morgan fingerprint density at radius 3 is 2.91 bits per heavy atom. The van der Waals surface area contributed by atoms with Gasteiger partial charge in [0.25, 0.3) is 0 Å². The molecule has 3 heterocycles. The highest BCUT2D eigenvalue weighted by molar-refractivity contribution is 5.27. The minimum absolute atomic E-state index is 0.0699. The molecule has 1 aromatic heterocycles. The molecular formula is C18H29N3O2. The zero-order valence-corrected chi connectivity index (χ0v) is 14.3. The number of hydrogen-bond donors (Lipinski definition) is 1. The molecule has 2 fully saturated rings. The number of rotatable bonds is 3. The third-order valence-electron chi connectivity index (χ3n) is 6.04. The normalized spacial score (nSPS) is 27.3. The lowest BCUT2D eigenvalue weighted by Gasteiger charge is -2.45. The van der Waals surface area contributed by atoms with Crippen LogP contribution in [0.3, 0.4) is 0 Å². The first-order valence-electron chi connectivity index (χ1n) is 9.23. The number of aryl methyl sites for hydroxylation is 1. The zero-order valence-electron chi connectivity index (χ0n) is 14.3. The molecule has 1 aliphatic carbocycles. The van der Waals surface area contributed by atoms with E-state index in [1.807, 2.05) is 0 Å². The van der Waals surface area contributed by atoms with Crippen LogP contribution in [0, 0.1) is 0 Å². The fourth-order valence-corrected chi connectivity index (χ4v) is 4.52. The third-order valence-corrected chi connectivity index (χ3v) is 6.04. The highest BCUT2D eigenvalue weighted by atomic mass is 16.5. The van der Waals surface area contributed by atoms with E-state index in [-0.39, 0.29) is 5.60 Å². The summed E-state index contributed by atoms with van der Waals surface area (Å²) in [6.45, 7) is 3.55. The number of H-pyrrole nitrogens is 1. The lowest BCUT2D eigenvalue weighted by molar-refractivity contribution is -0.150. The molecule has 23 heavy (non-hydrogen) atoms. The lowest BCUT2D eigenvalue weighted by Crippen LogP contribution is -2.50. The zero-order chi connectivity index (χ0) is 15.7. The van der Waals surface area contributed by atoms with E-state index in [1.54, 1.807) is 0 Å². The Hall–Kier alpha value is -0.910. The van der Waals surface area contributed by atoms with Crippen molar-refractivity contribution in [3.8, 4) is 0 Å². The largest absolute Gasteiger partial charge is 0.381 e. The summed E-state index contributed by atoms with van der Waals surface area (Å²) in [6.07, 6.45) is 9.35. The molecule has 2 aliphatic heterocycles. The van der Waals surface area contributed by atoms with Gasteiger partial charge in [-0.05, 0) is 64.0 Å². The SMILES string of the molecule is CN(Cc1n[nH]c2c1CCCC2)C1CCOC2(CCOCC2)C1. The molecule has 0 amide bonds. The highest BCUT2D eigenvalue weighted by Crippen LogP contribution is 2.36. The van der Waals surface area contributed by atoms with Gasteiger partial charge in [-0.25, -0.2) is 0 Å². The van der Waals surface area contributed by atoms with Gasteiger partial charge >= 0.3 is 0 Å². The van der Waals surface area contributed by atoms with Crippen LogP contribution in [0.2, 0.25) is 0 Å². The second-order valence-electron chi connectivity index (χ2n) is 7.54. The second kappa shape index (κ2) is 6.54. The molecule has 1 N–H and O–H groups in total. The third kappa shape index (κ3) is 3.19. The van der Waals surface area contributed by atoms with E-state index in [9.17, 15) is 0 Å². The van der Waals surface area contributed by atoms with Crippen LogP contribution in [-0.4, -0.2) is 53.6 Å². The summed E-state index contributed by atoms with van der Waals surface area (Å²) in [5.74, 6) is 0. The van der Waals surface area contributed by atoms with E-state index < -0.39 is 0 Å². The van der Waals surface area contributed by atoms with Crippen LogP contribution >= 0.6 is 0 Å². The van der Waals surface area contributed by atoms with Gasteiger partial charge in [0.05, 0.1) is 11.3 Å².